The van der Waals surface area contributed by atoms with Crippen LogP contribution in [0.25, 0.3) is 0 Å². The minimum Gasteiger partial charge on any atom is -0.439 e. The van der Waals surface area contributed by atoms with Gasteiger partial charge in [-0.05, 0) is 56.0 Å². The fraction of sp³-hybridized carbons (Fsp3) is 0.548. The van der Waals surface area contributed by atoms with Crippen LogP contribution in [0, 0.1) is 6.92 Å². The van der Waals surface area contributed by atoms with Crippen LogP contribution in [0.3, 0.4) is 0 Å². The van der Waals surface area contributed by atoms with Crippen molar-refractivity contribution in [2.75, 3.05) is 38.7 Å². The summed E-state index contributed by atoms with van der Waals surface area (Å²) in [6.45, 7) is 4.37. The van der Waals surface area contributed by atoms with Gasteiger partial charge in [0.1, 0.15) is 11.5 Å². The van der Waals surface area contributed by atoms with E-state index in [0.717, 1.165) is 36.3 Å². The average molecular weight is 650 g/mol. The minimum atomic E-state index is -0.222. The Labute approximate surface area is 269 Å². The van der Waals surface area contributed by atoms with Crippen molar-refractivity contribution in [1.29, 1.82) is 0 Å². The minimum absolute atomic E-state index is 0. The fourth-order valence-corrected chi connectivity index (χ4v) is 6.71. The van der Waals surface area contributed by atoms with Crippen molar-refractivity contribution in [3.05, 3.63) is 53.2 Å². The van der Waals surface area contributed by atoms with Crippen LogP contribution < -0.4 is 26.4 Å². The number of carbonyl (C=O) groups is 3. The maximum atomic E-state index is 12.5. The molecule has 1 aromatic carbocycles. The summed E-state index contributed by atoms with van der Waals surface area (Å²) in [5.74, 6) is 1.96. The van der Waals surface area contributed by atoms with Gasteiger partial charge in [-0.2, -0.15) is 11.8 Å². The van der Waals surface area contributed by atoms with Gasteiger partial charge in [-0.1, -0.05) is 12.5 Å². The van der Waals surface area contributed by atoms with Crippen LogP contribution in [-0.2, 0) is 20.8 Å². The highest BCUT2D eigenvalue weighted by Gasteiger charge is 2.42. The topological polar surface area (TPSA) is 154 Å². The van der Waals surface area contributed by atoms with Crippen molar-refractivity contribution < 1.29 is 28.6 Å². The van der Waals surface area contributed by atoms with Gasteiger partial charge in [-0.3, -0.25) is 9.59 Å². The summed E-state index contributed by atoms with van der Waals surface area (Å²) >= 11 is 1.91. The number of rotatable bonds is 19. The lowest BCUT2D eigenvalue weighted by molar-refractivity contribution is -0.119. The third kappa shape index (κ3) is 11.6. The first kappa shape index (κ1) is 35.6. The predicted octanol–water partition coefficient (Wildman–Crippen LogP) is 3.90. The number of Topliss-reactive ketones (excluding diaryl/α,β-unsaturated/α-hetero) is 1. The van der Waals surface area contributed by atoms with Gasteiger partial charge < -0.3 is 35.9 Å². The third-order valence-corrected chi connectivity index (χ3v) is 8.83. The van der Waals surface area contributed by atoms with Crippen LogP contribution in [0.1, 0.15) is 60.1 Å². The summed E-state index contributed by atoms with van der Waals surface area (Å²) in [6, 6.07) is 11.0. The van der Waals surface area contributed by atoms with E-state index in [9.17, 15) is 14.4 Å². The largest absolute Gasteiger partial charge is 0.439 e. The molecule has 5 N–H and O–H groups in total. The second-order valence-corrected chi connectivity index (χ2v) is 12.1. The second kappa shape index (κ2) is 18.8. The molecule has 3 heterocycles. The number of pyridine rings is 1. The Bertz CT molecular complexity index is 1240. The second-order valence-electron chi connectivity index (χ2n) is 10.8. The number of ketones is 1. The molecule has 1 aromatic heterocycles. The summed E-state index contributed by atoms with van der Waals surface area (Å²) in [5.41, 5.74) is 7.94. The quantitative estimate of drug-likeness (QED) is 0.131. The van der Waals surface area contributed by atoms with Gasteiger partial charge in [-0.15, -0.1) is 12.4 Å². The standard InChI is InChI=1S/C31H43N5O6S.ClH/c1-21-16-22(19-32)17-28(34-21)42-25-9-4-6-23(18-25)30(38)33-11-13-41-15-14-40-12-5-8-24(37)7-2-3-10-27-29-26(20-43-27)35-31(39)36-29;/h4,6,9,16-18,26-27,29H,2-3,5,7-8,10-15,19-20,32H2,1H3,(H,33,38)(H2,35,36,39);1H/t26-,27-,29-;/m0./s1. The van der Waals surface area contributed by atoms with E-state index in [1.807, 2.05) is 24.8 Å². The first-order valence-electron chi connectivity index (χ1n) is 15.0. The molecule has 4 rings (SSSR count). The normalized spacial score (nSPS) is 18.6. The van der Waals surface area contributed by atoms with Gasteiger partial charge in [0.2, 0.25) is 5.88 Å². The number of unbranched alkanes of at least 4 members (excludes halogenated alkanes) is 1. The Hall–Kier alpha value is -2.90. The summed E-state index contributed by atoms with van der Waals surface area (Å²) < 4.78 is 17.0. The van der Waals surface area contributed by atoms with Crippen molar-refractivity contribution in [2.45, 2.75) is 69.3 Å². The van der Waals surface area contributed by atoms with E-state index in [-0.39, 0.29) is 42.2 Å². The molecule has 0 unspecified atom stereocenters. The number of urea groups is 1. The van der Waals surface area contributed by atoms with Gasteiger partial charge in [0.05, 0.1) is 31.9 Å². The number of ether oxygens (including phenoxy) is 3. The van der Waals surface area contributed by atoms with Gasteiger partial charge >= 0.3 is 6.03 Å². The molecular weight excluding hydrogens is 606 g/mol. The van der Waals surface area contributed by atoms with Crippen LogP contribution in [-0.4, -0.2) is 78.8 Å². The molecular formula is C31H44ClN5O6S. The number of amides is 3. The first-order valence-corrected chi connectivity index (χ1v) is 16.1. The monoisotopic (exact) mass is 649 g/mol. The van der Waals surface area contributed by atoms with Crippen LogP contribution in [0.15, 0.2) is 36.4 Å². The molecule has 44 heavy (non-hydrogen) atoms. The first-order chi connectivity index (χ1) is 20.9. The average Bonchev–Trinajstić information content (AvgIpc) is 3.55. The molecule has 11 nitrogen and oxygen atoms in total. The number of fused-ring (bicyclic) bond motifs is 1. The molecule has 2 aliphatic rings. The molecule has 2 fully saturated rings. The third-order valence-electron chi connectivity index (χ3n) is 7.32. The number of nitrogens with two attached hydrogens (primary N) is 1. The van der Waals surface area contributed by atoms with Crippen molar-refractivity contribution in [1.82, 2.24) is 20.9 Å². The van der Waals surface area contributed by atoms with E-state index in [1.165, 1.54) is 0 Å². The Balaban J connectivity index is 0.00000529. The number of hydrogen-bond acceptors (Lipinski definition) is 9. The maximum Gasteiger partial charge on any atom is 0.315 e. The lowest BCUT2D eigenvalue weighted by atomic mass is 10.0. The van der Waals surface area contributed by atoms with E-state index < -0.39 is 0 Å². The van der Waals surface area contributed by atoms with E-state index >= 15 is 0 Å². The SMILES string of the molecule is Cc1cc(CN)cc(Oc2cccc(C(=O)NCCOCCOCCCC(=O)CCCC[C@@H]3SC[C@@H]4NC(=O)N[C@@H]43)c2)n1.Cl. The highest BCUT2D eigenvalue weighted by molar-refractivity contribution is 8.00. The van der Waals surface area contributed by atoms with Crippen LogP contribution >= 0.6 is 24.2 Å². The van der Waals surface area contributed by atoms with Gasteiger partial charge in [0, 0.05) is 60.9 Å². The van der Waals surface area contributed by atoms with E-state index in [2.05, 4.69) is 20.9 Å². The van der Waals surface area contributed by atoms with Crippen molar-refractivity contribution in [3.63, 3.8) is 0 Å². The lowest BCUT2D eigenvalue weighted by Crippen LogP contribution is -2.36. The molecule has 0 aliphatic carbocycles. The van der Waals surface area contributed by atoms with Crippen LogP contribution in [0.5, 0.6) is 11.6 Å². The van der Waals surface area contributed by atoms with Crippen molar-refractivity contribution in [2.24, 2.45) is 5.73 Å². The number of benzene rings is 1. The van der Waals surface area contributed by atoms with Crippen molar-refractivity contribution in [3.8, 4) is 11.6 Å². The van der Waals surface area contributed by atoms with Crippen LogP contribution in [0.2, 0.25) is 0 Å². The maximum absolute atomic E-state index is 12.5. The molecule has 0 radical (unpaired) electrons. The Kier molecular flexibility index (Phi) is 15.2. The van der Waals surface area contributed by atoms with E-state index in [0.29, 0.717) is 81.2 Å². The van der Waals surface area contributed by atoms with Gasteiger partial charge in [0.25, 0.3) is 5.91 Å². The number of thioether (sulfide) groups is 1. The molecule has 3 amide bonds. The van der Waals surface area contributed by atoms with E-state index in [4.69, 9.17) is 19.9 Å². The molecule has 0 spiro atoms. The predicted molar refractivity (Wildman–Crippen MR) is 173 cm³/mol. The number of nitrogens with zero attached hydrogens (tertiary/aromatic N) is 1. The molecule has 0 saturated carbocycles. The number of carbonyl (C=O) groups excluding carboxylic acids is 3. The number of hydrogen-bond donors (Lipinski definition) is 4. The highest BCUT2D eigenvalue weighted by Crippen LogP contribution is 2.33. The van der Waals surface area contributed by atoms with Crippen molar-refractivity contribution >= 4 is 41.9 Å². The number of aromatic nitrogens is 1. The highest BCUT2D eigenvalue weighted by atomic mass is 35.5. The number of aryl methyl sites for hydroxylation is 1. The zero-order valence-electron chi connectivity index (χ0n) is 25.2. The number of halogens is 1. The summed E-state index contributed by atoms with van der Waals surface area (Å²) in [7, 11) is 0. The summed E-state index contributed by atoms with van der Waals surface area (Å²) in [5, 5.41) is 9.25. The molecule has 242 valence electrons. The molecule has 2 aliphatic heterocycles. The Morgan fingerprint density at radius 2 is 1.84 bits per heavy atom. The van der Waals surface area contributed by atoms with E-state index in [1.54, 1.807) is 30.3 Å². The number of nitrogens with one attached hydrogen (secondary N) is 3. The fourth-order valence-electron chi connectivity index (χ4n) is 5.17. The molecule has 3 atom stereocenters. The molecule has 0 bridgehead atoms. The molecule has 2 aromatic rings. The summed E-state index contributed by atoms with van der Waals surface area (Å²) in [4.78, 5) is 40.5. The Morgan fingerprint density at radius 1 is 1.05 bits per heavy atom. The van der Waals surface area contributed by atoms with Gasteiger partial charge in [0.15, 0.2) is 0 Å². The van der Waals surface area contributed by atoms with Gasteiger partial charge in [-0.25, -0.2) is 9.78 Å². The van der Waals surface area contributed by atoms with Crippen LogP contribution in [0.4, 0.5) is 4.79 Å². The smallest absolute Gasteiger partial charge is 0.315 e. The lowest BCUT2D eigenvalue weighted by Gasteiger charge is -2.16. The zero-order chi connectivity index (χ0) is 30.4. The summed E-state index contributed by atoms with van der Waals surface area (Å²) in [6.07, 6.45) is 4.74. The zero-order valence-corrected chi connectivity index (χ0v) is 26.8. The molecule has 2 saturated heterocycles. The Morgan fingerprint density at radius 3 is 2.66 bits per heavy atom. The molecule has 13 heteroatoms.